The molecule has 0 fully saturated rings. The average Bonchev–Trinajstić information content (AvgIpc) is 2.49. The predicted octanol–water partition coefficient (Wildman–Crippen LogP) is 1.55. The van der Waals surface area contributed by atoms with Gasteiger partial charge in [0, 0.05) is 12.3 Å². The summed E-state index contributed by atoms with van der Waals surface area (Å²) in [4.78, 5) is 23.5. The van der Waals surface area contributed by atoms with E-state index in [2.05, 4.69) is 5.32 Å². The van der Waals surface area contributed by atoms with Crippen molar-refractivity contribution >= 4 is 21.7 Å². The van der Waals surface area contributed by atoms with Gasteiger partial charge in [-0.3, -0.25) is 4.79 Å². The molecule has 1 aromatic rings. The van der Waals surface area contributed by atoms with E-state index < -0.39 is 22.4 Å². The number of carbonyl (C=O) groups excluding carboxylic acids is 2. The van der Waals surface area contributed by atoms with E-state index >= 15 is 0 Å². The number of esters is 1. The van der Waals surface area contributed by atoms with Crippen LogP contribution in [0, 0.1) is 0 Å². The molecule has 0 unspecified atom stereocenters. The van der Waals surface area contributed by atoms with Crippen LogP contribution in [0.25, 0.3) is 0 Å². The van der Waals surface area contributed by atoms with E-state index in [1.165, 1.54) is 24.3 Å². The Morgan fingerprint density at radius 1 is 1.23 bits per heavy atom. The number of rotatable bonds is 7. The molecule has 0 radical (unpaired) electrons. The first-order chi connectivity index (χ1) is 10.3. The zero-order valence-corrected chi connectivity index (χ0v) is 13.8. The van der Waals surface area contributed by atoms with Crippen LogP contribution in [-0.4, -0.2) is 39.2 Å². The molecule has 7 heteroatoms. The molecule has 0 aliphatic carbocycles. The molecule has 6 nitrogen and oxygen atoms in total. The van der Waals surface area contributed by atoms with Gasteiger partial charge in [-0.25, -0.2) is 13.2 Å². The lowest BCUT2D eigenvalue weighted by Gasteiger charge is -2.14. The van der Waals surface area contributed by atoms with Gasteiger partial charge in [0.1, 0.15) is 0 Å². The minimum atomic E-state index is -3.40. The van der Waals surface area contributed by atoms with Crippen LogP contribution in [0.5, 0.6) is 0 Å². The van der Waals surface area contributed by atoms with Crippen molar-refractivity contribution in [3.63, 3.8) is 0 Å². The second-order valence-electron chi connectivity index (χ2n) is 4.96. The number of sulfone groups is 1. The maximum Gasteiger partial charge on any atom is 0.338 e. The van der Waals surface area contributed by atoms with Crippen LogP contribution in [0.2, 0.25) is 0 Å². The summed E-state index contributed by atoms with van der Waals surface area (Å²) >= 11 is 0. The van der Waals surface area contributed by atoms with Gasteiger partial charge >= 0.3 is 5.97 Å². The van der Waals surface area contributed by atoms with Gasteiger partial charge in [-0.2, -0.15) is 0 Å². The van der Waals surface area contributed by atoms with E-state index in [0.717, 1.165) is 19.1 Å². The Hall–Kier alpha value is -1.89. The standard InChI is InChI=1S/C15H21NO5S/c1-4-12(5-2)16-14(17)10-21-15(18)11-7-6-8-13(9-11)22(3,19)20/h6-9,12H,4-5,10H2,1-3H3,(H,16,17). The van der Waals surface area contributed by atoms with E-state index in [9.17, 15) is 18.0 Å². The number of amides is 1. The van der Waals surface area contributed by atoms with Crippen LogP contribution in [0.3, 0.4) is 0 Å². The number of carbonyl (C=O) groups is 2. The molecule has 1 aromatic carbocycles. The molecule has 122 valence electrons. The summed E-state index contributed by atoms with van der Waals surface area (Å²) in [6.45, 7) is 3.52. The average molecular weight is 327 g/mol. The Balaban J connectivity index is 2.65. The Kier molecular flexibility index (Phi) is 6.55. The third-order valence-corrected chi connectivity index (χ3v) is 4.29. The molecule has 0 aromatic heterocycles. The Morgan fingerprint density at radius 2 is 1.86 bits per heavy atom. The molecule has 0 saturated carbocycles. The third kappa shape index (κ3) is 5.48. The molecule has 0 atom stereocenters. The fraction of sp³-hybridized carbons (Fsp3) is 0.467. The summed E-state index contributed by atoms with van der Waals surface area (Å²) in [5.41, 5.74) is 0.0956. The third-order valence-electron chi connectivity index (χ3n) is 3.18. The summed E-state index contributed by atoms with van der Waals surface area (Å²) in [6.07, 6.45) is 2.65. The van der Waals surface area contributed by atoms with Crippen molar-refractivity contribution in [1.29, 1.82) is 0 Å². The molecule has 22 heavy (non-hydrogen) atoms. The fourth-order valence-corrected chi connectivity index (χ4v) is 2.50. The summed E-state index contributed by atoms with van der Waals surface area (Å²) in [5, 5.41) is 2.75. The van der Waals surface area contributed by atoms with Crippen molar-refractivity contribution in [2.75, 3.05) is 12.9 Å². The highest BCUT2D eigenvalue weighted by Crippen LogP contribution is 2.12. The van der Waals surface area contributed by atoms with E-state index in [4.69, 9.17) is 4.74 Å². The first-order valence-electron chi connectivity index (χ1n) is 7.04. The highest BCUT2D eigenvalue weighted by molar-refractivity contribution is 7.90. The van der Waals surface area contributed by atoms with Gasteiger partial charge in [0.2, 0.25) is 0 Å². The van der Waals surface area contributed by atoms with Crippen LogP contribution >= 0.6 is 0 Å². The van der Waals surface area contributed by atoms with Crippen LogP contribution in [-0.2, 0) is 19.4 Å². The van der Waals surface area contributed by atoms with Crippen LogP contribution in [0.4, 0.5) is 0 Å². The molecule has 0 heterocycles. The Morgan fingerprint density at radius 3 is 2.41 bits per heavy atom. The van der Waals surface area contributed by atoms with E-state index in [0.29, 0.717) is 0 Å². The molecule has 0 saturated heterocycles. The molecular weight excluding hydrogens is 306 g/mol. The summed E-state index contributed by atoms with van der Waals surface area (Å²) in [7, 11) is -3.40. The zero-order chi connectivity index (χ0) is 16.8. The Labute approximate surface area is 130 Å². The molecule has 0 aliphatic rings. The molecule has 0 spiro atoms. The lowest BCUT2D eigenvalue weighted by Crippen LogP contribution is -2.36. The fourth-order valence-electron chi connectivity index (χ4n) is 1.83. The van der Waals surface area contributed by atoms with Crippen molar-refractivity contribution in [2.45, 2.75) is 37.6 Å². The number of hydrogen-bond acceptors (Lipinski definition) is 5. The zero-order valence-electron chi connectivity index (χ0n) is 13.0. The van der Waals surface area contributed by atoms with Crippen molar-refractivity contribution < 1.29 is 22.7 Å². The largest absolute Gasteiger partial charge is 0.452 e. The van der Waals surface area contributed by atoms with Gasteiger partial charge in [0.15, 0.2) is 16.4 Å². The normalized spacial score (nSPS) is 11.3. The number of benzene rings is 1. The number of hydrogen-bond donors (Lipinski definition) is 1. The van der Waals surface area contributed by atoms with Gasteiger partial charge in [-0.1, -0.05) is 19.9 Å². The minimum Gasteiger partial charge on any atom is -0.452 e. The van der Waals surface area contributed by atoms with E-state index in [1.54, 1.807) is 0 Å². The van der Waals surface area contributed by atoms with Crippen molar-refractivity contribution in [3.8, 4) is 0 Å². The summed E-state index contributed by atoms with van der Waals surface area (Å²) in [5.74, 6) is -1.11. The monoisotopic (exact) mass is 327 g/mol. The smallest absolute Gasteiger partial charge is 0.338 e. The Bertz CT molecular complexity index is 635. The van der Waals surface area contributed by atoms with Crippen LogP contribution in [0.1, 0.15) is 37.0 Å². The maximum absolute atomic E-state index is 11.9. The van der Waals surface area contributed by atoms with Crippen molar-refractivity contribution in [2.24, 2.45) is 0 Å². The van der Waals surface area contributed by atoms with Gasteiger partial charge < -0.3 is 10.1 Å². The quantitative estimate of drug-likeness (QED) is 0.768. The van der Waals surface area contributed by atoms with Crippen LogP contribution in [0.15, 0.2) is 29.2 Å². The second kappa shape index (κ2) is 7.93. The molecule has 1 rings (SSSR count). The predicted molar refractivity (Wildman–Crippen MR) is 82.3 cm³/mol. The summed E-state index contributed by atoms with van der Waals surface area (Å²) < 4.78 is 27.8. The van der Waals surface area contributed by atoms with Gasteiger partial charge in [-0.15, -0.1) is 0 Å². The van der Waals surface area contributed by atoms with Crippen LogP contribution < -0.4 is 5.32 Å². The lowest BCUT2D eigenvalue weighted by atomic mass is 10.2. The molecular formula is C15H21NO5S. The van der Waals surface area contributed by atoms with E-state index in [1.807, 2.05) is 13.8 Å². The molecule has 1 N–H and O–H groups in total. The SMILES string of the molecule is CCC(CC)NC(=O)COC(=O)c1cccc(S(C)(=O)=O)c1. The van der Waals surface area contributed by atoms with Gasteiger partial charge in [-0.05, 0) is 31.0 Å². The van der Waals surface area contributed by atoms with Gasteiger partial charge in [0.05, 0.1) is 10.5 Å². The second-order valence-corrected chi connectivity index (χ2v) is 6.97. The molecule has 0 aliphatic heterocycles. The maximum atomic E-state index is 11.9. The topological polar surface area (TPSA) is 89.5 Å². The molecule has 1 amide bonds. The van der Waals surface area contributed by atoms with Crippen molar-refractivity contribution in [1.82, 2.24) is 5.32 Å². The first kappa shape index (κ1) is 18.2. The molecule has 0 bridgehead atoms. The minimum absolute atomic E-state index is 0.0310. The lowest BCUT2D eigenvalue weighted by molar-refractivity contribution is -0.125. The summed E-state index contributed by atoms with van der Waals surface area (Å²) in [6, 6.07) is 5.58. The first-order valence-corrected chi connectivity index (χ1v) is 8.93. The van der Waals surface area contributed by atoms with Gasteiger partial charge in [0.25, 0.3) is 5.91 Å². The highest BCUT2D eigenvalue weighted by atomic mass is 32.2. The number of ether oxygens (including phenoxy) is 1. The van der Waals surface area contributed by atoms with Crippen molar-refractivity contribution in [3.05, 3.63) is 29.8 Å². The highest BCUT2D eigenvalue weighted by Gasteiger charge is 2.15. The number of nitrogens with one attached hydrogen (secondary N) is 1. The van der Waals surface area contributed by atoms with E-state index in [-0.39, 0.29) is 22.4 Å².